The molecule has 1 saturated heterocycles. The maximum absolute atomic E-state index is 12.2. The molecule has 0 radical (unpaired) electrons. The van der Waals surface area contributed by atoms with Crippen molar-refractivity contribution in [2.75, 3.05) is 19.3 Å². The second-order valence-electron chi connectivity index (χ2n) is 5.10. The van der Waals surface area contributed by atoms with Crippen LogP contribution in [0.1, 0.15) is 13.3 Å². The first-order chi connectivity index (χ1) is 9.38. The van der Waals surface area contributed by atoms with E-state index in [0.29, 0.717) is 18.7 Å². The largest absolute Gasteiger partial charge is 0.481 e. The zero-order valence-electron chi connectivity index (χ0n) is 11.7. The van der Waals surface area contributed by atoms with Crippen LogP contribution in [0, 0.1) is 0 Å². The number of hydrogen-bond donors (Lipinski definition) is 0. The summed E-state index contributed by atoms with van der Waals surface area (Å²) in [6, 6.07) is 9.11. The average molecular weight is 297 g/mol. The van der Waals surface area contributed by atoms with Crippen molar-refractivity contribution in [1.29, 1.82) is 0 Å². The molecule has 0 N–H and O–H groups in total. The van der Waals surface area contributed by atoms with E-state index in [4.69, 9.17) is 4.74 Å². The molecule has 0 saturated carbocycles. The fourth-order valence-electron chi connectivity index (χ4n) is 2.29. The summed E-state index contributed by atoms with van der Waals surface area (Å²) in [7, 11) is -3.09. The SMILES string of the molecule is CC(Oc1ccccc1)C(=O)N1CCC(S(C)(=O)=O)C1. The molecule has 20 heavy (non-hydrogen) atoms. The Bertz CT molecular complexity index is 570. The summed E-state index contributed by atoms with van der Waals surface area (Å²) < 4.78 is 28.6. The maximum atomic E-state index is 12.2. The van der Waals surface area contributed by atoms with Crippen LogP contribution in [0.2, 0.25) is 0 Å². The molecular formula is C14H19NO4S. The third kappa shape index (κ3) is 3.50. The molecular weight excluding hydrogens is 278 g/mol. The summed E-state index contributed by atoms with van der Waals surface area (Å²) >= 11 is 0. The van der Waals surface area contributed by atoms with E-state index in [2.05, 4.69) is 0 Å². The molecule has 5 nitrogen and oxygen atoms in total. The monoisotopic (exact) mass is 297 g/mol. The van der Waals surface area contributed by atoms with Gasteiger partial charge in [0.1, 0.15) is 5.75 Å². The molecule has 1 aliphatic heterocycles. The lowest BCUT2D eigenvalue weighted by atomic mass is 10.3. The number of carbonyl (C=O) groups excluding carboxylic acids is 1. The van der Waals surface area contributed by atoms with Gasteiger partial charge in [0.05, 0.1) is 5.25 Å². The Hall–Kier alpha value is -1.56. The van der Waals surface area contributed by atoms with Gasteiger partial charge in [0.15, 0.2) is 15.9 Å². The molecule has 1 aromatic carbocycles. The summed E-state index contributed by atoms with van der Waals surface area (Å²) in [5.74, 6) is 0.465. The Morgan fingerprint density at radius 1 is 1.35 bits per heavy atom. The maximum Gasteiger partial charge on any atom is 0.263 e. The van der Waals surface area contributed by atoms with Gasteiger partial charge in [-0.15, -0.1) is 0 Å². The molecule has 0 spiro atoms. The van der Waals surface area contributed by atoms with Crippen LogP contribution < -0.4 is 4.74 Å². The summed E-state index contributed by atoms with van der Waals surface area (Å²) in [6.45, 7) is 2.42. The minimum absolute atomic E-state index is 0.167. The first-order valence-electron chi connectivity index (χ1n) is 6.57. The minimum atomic E-state index is -3.09. The lowest BCUT2D eigenvalue weighted by Gasteiger charge is -2.21. The predicted molar refractivity (Wildman–Crippen MR) is 76.4 cm³/mol. The number of carbonyl (C=O) groups is 1. The van der Waals surface area contributed by atoms with Gasteiger partial charge in [0, 0.05) is 19.3 Å². The molecule has 0 aliphatic carbocycles. The van der Waals surface area contributed by atoms with E-state index in [1.807, 2.05) is 18.2 Å². The third-order valence-corrected chi connectivity index (χ3v) is 5.06. The Kier molecular flexibility index (Phi) is 4.32. The van der Waals surface area contributed by atoms with Crippen LogP contribution in [0.5, 0.6) is 5.75 Å². The number of amides is 1. The van der Waals surface area contributed by atoms with Gasteiger partial charge in [-0.3, -0.25) is 4.79 Å². The fraction of sp³-hybridized carbons (Fsp3) is 0.500. The number of benzene rings is 1. The van der Waals surface area contributed by atoms with Crippen LogP contribution in [-0.4, -0.2) is 49.9 Å². The number of rotatable bonds is 4. The Morgan fingerprint density at radius 3 is 2.55 bits per heavy atom. The molecule has 0 bridgehead atoms. The second-order valence-corrected chi connectivity index (χ2v) is 7.42. The molecule has 1 aromatic rings. The second kappa shape index (κ2) is 5.83. The smallest absolute Gasteiger partial charge is 0.263 e. The van der Waals surface area contributed by atoms with E-state index in [1.165, 1.54) is 6.26 Å². The fourth-order valence-corrected chi connectivity index (χ4v) is 3.27. The lowest BCUT2D eigenvalue weighted by molar-refractivity contribution is -0.136. The molecule has 2 unspecified atom stereocenters. The number of para-hydroxylation sites is 1. The lowest BCUT2D eigenvalue weighted by Crippen LogP contribution is -2.40. The Labute approximate surface area is 119 Å². The van der Waals surface area contributed by atoms with E-state index in [0.717, 1.165) is 0 Å². The highest BCUT2D eigenvalue weighted by molar-refractivity contribution is 7.91. The van der Waals surface area contributed by atoms with Crippen LogP contribution in [-0.2, 0) is 14.6 Å². The van der Waals surface area contributed by atoms with Crippen molar-refractivity contribution in [3.8, 4) is 5.75 Å². The highest BCUT2D eigenvalue weighted by Gasteiger charge is 2.34. The van der Waals surface area contributed by atoms with Gasteiger partial charge >= 0.3 is 0 Å². The molecule has 6 heteroatoms. The zero-order chi connectivity index (χ0) is 14.8. The van der Waals surface area contributed by atoms with E-state index >= 15 is 0 Å². The molecule has 1 aliphatic rings. The molecule has 1 heterocycles. The van der Waals surface area contributed by atoms with Crippen molar-refractivity contribution in [1.82, 2.24) is 4.90 Å². The van der Waals surface area contributed by atoms with Crippen molar-refractivity contribution < 1.29 is 17.9 Å². The van der Waals surface area contributed by atoms with Gasteiger partial charge in [0.2, 0.25) is 0 Å². The molecule has 2 atom stereocenters. The number of hydrogen-bond acceptors (Lipinski definition) is 4. The molecule has 2 rings (SSSR count). The minimum Gasteiger partial charge on any atom is -0.481 e. The number of ether oxygens (including phenoxy) is 1. The van der Waals surface area contributed by atoms with Gasteiger partial charge in [-0.1, -0.05) is 18.2 Å². The first kappa shape index (κ1) is 14.8. The van der Waals surface area contributed by atoms with Crippen molar-refractivity contribution in [2.24, 2.45) is 0 Å². The quantitative estimate of drug-likeness (QED) is 0.835. The molecule has 0 aromatic heterocycles. The Morgan fingerprint density at radius 2 is 2.00 bits per heavy atom. The summed E-state index contributed by atoms with van der Waals surface area (Å²) in [6.07, 6.45) is 1.11. The third-order valence-electron chi connectivity index (χ3n) is 3.47. The van der Waals surface area contributed by atoms with Crippen LogP contribution in [0.15, 0.2) is 30.3 Å². The molecule has 1 fully saturated rings. The number of likely N-dealkylation sites (tertiary alicyclic amines) is 1. The molecule has 1 amide bonds. The highest BCUT2D eigenvalue weighted by Crippen LogP contribution is 2.18. The topological polar surface area (TPSA) is 63.7 Å². The standard InChI is InChI=1S/C14H19NO4S/c1-11(19-12-6-4-3-5-7-12)14(16)15-9-8-13(10-15)20(2,17)18/h3-7,11,13H,8-10H2,1-2H3. The van der Waals surface area contributed by atoms with Crippen LogP contribution in [0.3, 0.4) is 0 Å². The zero-order valence-corrected chi connectivity index (χ0v) is 12.5. The van der Waals surface area contributed by atoms with Gasteiger partial charge in [-0.25, -0.2) is 8.42 Å². The van der Waals surface area contributed by atoms with Crippen LogP contribution >= 0.6 is 0 Å². The summed E-state index contributed by atoms with van der Waals surface area (Å²) in [5.41, 5.74) is 0. The van der Waals surface area contributed by atoms with Crippen LogP contribution in [0.4, 0.5) is 0 Å². The first-order valence-corrected chi connectivity index (χ1v) is 8.53. The van der Waals surface area contributed by atoms with Crippen molar-refractivity contribution in [3.63, 3.8) is 0 Å². The van der Waals surface area contributed by atoms with E-state index in [1.54, 1.807) is 24.0 Å². The summed E-state index contributed by atoms with van der Waals surface area (Å²) in [5, 5.41) is -0.449. The number of sulfone groups is 1. The highest BCUT2D eigenvalue weighted by atomic mass is 32.2. The van der Waals surface area contributed by atoms with Gasteiger partial charge in [-0.05, 0) is 25.5 Å². The number of nitrogens with zero attached hydrogens (tertiary/aromatic N) is 1. The average Bonchev–Trinajstić information content (AvgIpc) is 2.88. The van der Waals surface area contributed by atoms with Crippen molar-refractivity contribution >= 4 is 15.7 Å². The van der Waals surface area contributed by atoms with Gasteiger partial charge in [0.25, 0.3) is 5.91 Å². The van der Waals surface area contributed by atoms with Crippen molar-refractivity contribution in [3.05, 3.63) is 30.3 Å². The predicted octanol–water partition coefficient (Wildman–Crippen LogP) is 1.10. The van der Waals surface area contributed by atoms with E-state index in [-0.39, 0.29) is 12.5 Å². The van der Waals surface area contributed by atoms with Gasteiger partial charge in [-0.2, -0.15) is 0 Å². The van der Waals surface area contributed by atoms with Crippen molar-refractivity contribution in [2.45, 2.75) is 24.7 Å². The Balaban J connectivity index is 1.95. The summed E-state index contributed by atoms with van der Waals surface area (Å²) in [4.78, 5) is 13.8. The molecule has 110 valence electrons. The normalized spacial score (nSPS) is 20.7. The van der Waals surface area contributed by atoms with Crippen LogP contribution in [0.25, 0.3) is 0 Å². The van der Waals surface area contributed by atoms with E-state index < -0.39 is 21.2 Å². The van der Waals surface area contributed by atoms with Gasteiger partial charge < -0.3 is 9.64 Å². The van der Waals surface area contributed by atoms with E-state index in [9.17, 15) is 13.2 Å².